The summed E-state index contributed by atoms with van der Waals surface area (Å²) in [6.07, 6.45) is 0. The Labute approximate surface area is 130 Å². The molecule has 1 aromatic heterocycles. The first-order valence-corrected chi connectivity index (χ1v) is 7.21. The van der Waals surface area contributed by atoms with Gasteiger partial charge in [0.05, 0.1) is 0 Å². The number of rotatable bonds is 4. The van der Waals surface area contributed by atoms with E-state index in [1.54, 1.807) is 7.05 Å². The van der Waals surface area contributed by atoms with Gasteiger partial charge < -0.3 is 15.1 Å². The van der Waals surface area contributed by atoms with Crippen molar-refractivity contribution in [3.8, 4) is 0 Å². The molecule has 2 aromatic rings. The first-order valence-electron chi connectivity index (χ1n) is 6.84. The maximum absolute atomic E-state index is 6.13. The summed E-state index contributed by atoms with van der Waals surface area (Å²) >= 11 is 6.13. The Hall–Kier alpha value is -1.94. The first-order chi connectivity index (χ1) is 10.1. The van der Waals surface area contributed by atoms with E-state index in [1.165, 1.54) is 0 Å². The van der Waals surface area contributed by atoms with E-state index in [2.05, 4.69) is 15.6 Å². The lowest BCUT2D eigenvalue weighted by atomic mass is 10.2. The van der Waals surface area contributed by atoms with E-state index in [9.17, 15) is 0 Å². The maximum atomic E-state index is 6.13. The number of hydrogen-bond donors (Lipinski definition) is 2. The monoisotopic (exact) mass is 305 g/mol. The minimum absolute atomic E-state index is 0.628. The number of halogens is 1. The lowest BCUT2D eigenvalue weighted by molar-refractivity contribution is 0.500. The second-order valence-electron chi connectivity index (χ2n) is 4.81. The van der Waals surface area contributed by atoms with Gasteiger partial charge in [-0.05, 0) is 31.5 Å². The van der Waals surface area contributed by atoms with Crippen molar-refractivity contribution in [2.24, 2.45) is 4.99 Å². The van der Waals surface area contributed by atoms with E-state index in [0.29, 0.717) is 13.1 Å². The molecule has 1 heterocycles. The van der Waals surface area contributed by atoms with Crippen LogP contribution in [-0.4, -0.2) is 13.0 Å². The molecule has 0 bridgehead atoms. The highest BCUT2D eigenvalue weighted by Crippen LogP contribution is 2.14. The van der Waals surface area contributed by atoms with Crippen molar-refractivity contribution >= 4 is 17.6 Å². The molecule has 0 spiro atoms. The van der Waals surface area contributed by atoms with Gasteiger partial charge in [-0.3, -0.25) is 4.99 Å². The average Bonchev–Trinajstić information content (AvgIpc) is 2.79. The predicted octanol–water partition coefficient (Wildman–Crippen LogP) is 3.42. The van der Waals surface area contributed by atoms with Gasteiger partial charge in [0.2, 0.25) is 0 Å². The van der Waals surface area contributed by atoms with Crippen LogP contribution in [0.3, 0.4) is 0 Å². The third-order valence-electron chi connectivity index (χ3n) is 3.22. The number of nitrogens with one attached hydrogen (secondary N) is 2. The highest BCUT2D eigenvalue weighted by Gasteiger charge is 2.06. The van der Waals surface area contributed by atoms with Gasteiger partial charge in [0.15, 0.2) is 5.96 Å². The summed E-state index contributed by atoms with van der Waals surface area (Å²) < 4.78 is 5.51. The molecule has 0 radical (unpaired) electrons. The summed E-state index contributed by atoms with van der Waals surface area (Å²) in [6, 6.07) is 9.79. The maximum Gasteiger partial charge on any atom is 0.191 e. The van der Waals surface area contributed by atoms with Crippen LogP contribution < -0.4 is 10.6 Å². The van der Waals surface area contributed by atoms with Crippen LogP contribution in [0, 0.1) is 13.8 Å². The second-order valence-corrected chi connectivity index (χ2v) is 5.22. The van der Waals surface area contributed by atoms with E-state index in [4.69, 9.17) is 16.0 Å². The molecular weight excluding hydrogens is 286 g/mol. The molecule has 4 nitrogen and oxygen atoms in total. The van der Waals surface area contributed by atoms with E-state index in [1.807, 2.05) is 44.2 Å². The molecule has 0 unspecified atom stereocenters. The van der Waals surface area contributed by atoms with Gasteiger partial charge in [0.1, 0.15) is 11.5 Å². The first kappa shape index (κ1) is 15.4. The topological polar surface area (TPSA) is 49.6 Å². The van der Waals surface area contributed by atoms with Crippen LogP contribution in [0.4, 0.5) is 0 Å². The molecule has 21 heavy (non-hydrogen) atoms. The number of benzene rings is 1. The second kappa shape index (κ2) is 7.18. The van der Waals surface area contributed by atoms with E-state index >= 15 is 0 Å². The summed E-state index contributed by atoms with van der Waals surface area (Å²) in [4.78, 5) is 4.21. The Morgan fingerprint density at radius 2 is 1.81 bits per heavy atom. The van der Waals surface area contributed by atoms with Crippen molar-refractivity contribution in [2.45, 2.75) is 26.9 Å². The summed E-state index contributed by atoms with van der Waals surface area (Å²) in [6.45, 7) is 5.21. The molecule has 0 atom stereocenters. The van der Waals surface area contributed by atoms with Crippen molar-refractivity contribution < 1.29 is 4.42 Å². The van der Waals surface area contributed by atoms with Crippen LogP contribution in [-0.2, 0) is 13.1 Å². The van der Waals surface area contributed by atoms with Crippen LogP contribution >= 0.6 is 11.6 Å². The highest BCUT2D eigenvalue weighted by atomic mass is 35.5. The van der Waals surface area contributed by atoms with E-state index in [-0.39, 0.29) is 0 Å². The third-order valence-corrected chi connectivity index (χ3v) is 3.59. The summed E-state index contributed by atoms with van der Waals surface area (Å²) in [5.41, 5.74) is 2.17. The molecule has 0 saturated carbocycles. The Bertz CT molecular complexity index is 634. The summed E-state index contributed by atoms with van der Waals surface area (Å²) in [5, 5.41) is 7.26. The molecule has 2 N–H and O–H groups in total. The fraction of sp³-hybridized carbons (Fsp3) is 0.312. The molecule has 0 aliphatic carbocycles. The molecule has 0 aliphatic heterocycles. The molecule has 0 amide bonds. The van der Waals surface area contributed by atoms with Gasteiger partial charge >= 0.3 is 0 Å². The number of aryl methyl sites for hydroxylation is 2. The number of nitrogens with zero attached hydrogens (tertiary/aromatic N) is 1. The van der Waals surface area contributed by atoms with Gasteiger partial charge in [-0.15, -0.1) is 0 Å². The zero-order valence-corrected chi connectivity index (χ0v) is 13.3. The van der Waals surface area contributed by atoms with Crippen LogP contribution in [0.25, 0.3) is 0 Å². The number of hydrogen-bond acceptors (Lipinski definition) is 2. The van der Waals surface area contributed by atoms with Gasteiger partial charge in [-0.1, -0.05) is 29.8 Å². The fourth-order valence-electron chi connectivity index (χ4n) is 2.08. The summed E-state index contributed by atoms with van der Waals surface area (Å²) in [7, 11) is 1.75. The predicted molar refractivity (Wildman–Crippen MR) is 86.7 cm³/mol. The Morgan fingerprint density at radius 3 is 2.38 bits per heavy atom. The van der Waals surface area contributed by atoms with Crippen molar-refractivity contribution in [3.05, 3.63) is 58.0 Å². The van der Waals surface area contributed by atoms with E-state index in [0.717, 1.165) is 33.6 Å². The van der Waals surface area contributed by atoms with E-state index < -0.39 is 0 Å². The van der Waals surface area contributed by atoms with Crippen LogP contribution in [0.2, 0.25) is 5.02 Å². The van der Waals surface area contributed by atoms with Gasteiger partial charge in [-0.2, -0.15) is 0 Å². The molecule has 112 valence electrons. The Morgan fingerprint density at radius 1 is 1.14 bits per heavy atom. The molecule has 0 aliphatic rings. The zero-order valence-electron chi connectivity index (χ0n) is 12.5. The molecule has 1 aromatic carbocycles. The average molecular weight is 306 g/mol. The van der Waals surface area contributed by atoms with Crippen LogP contribution in [0.5, 0.6) is 0 Å². The Balaban J connectivity index is 1.90. The third kappa shape index (κ3) is 4.26. The number of aliphatic imine (C=N–C) groups is 1. The highest BCUT2D eigenvalue weighted by molar-refractivity contribution is 6.31. The number of furan rings is 1. The summed E-state index contributed by atoms with van der Waals surface area (Å²) in [5.74, 6) is 2.58. The SMILES string of the molecule is CN=C(NCc1ccccc1Cl)NCc1cc(C)oc1C. The number of guanidine groups is 1. The van der Waals surface area contributed by atoms with Gasteiger partial charge in [0.25, 0.3) is 0 Å². The van der Waals surface area contributed by atoms with Crippen molar-refractivity contribution in [1.82, 2.24) is 10.6 Å². The molecule has 0 fully saturated rings. The van der Waals surface area contributed by atoms with Crippen LogP contribution in [0.1, 0.15) is 22.6 Å². The smallest absolute Gasteiger partial charge is 0.191 e. The minimum atomic E-state index is 0.628. The quantitative estimate of drug-likeness (QED) is 0.672. The molecule has 5 heteroatoms. The fourth-order valence-corrected chi connectivity index (χ4v) is 2.28. The standard InChI is InChI=1S/C16H20ClN3O/c1-11-8-14(12(2)21-11)10-20-16(18-3)19-9-13-6-4-5-7-15(13)17/h4-8H,9-10H2,1-3H3,(H2,18,19,20). The minimum Gasteiger partial charge on any atom is -0.466 e. The zero-order chi connectivity index (χ0) is 15.2. The van der Waals surface area contributed by atoms with Crippen molar-refractivity contribution in [3.63, 3.8) is 0 Å². The van der Waals surface area contributed by atoms with Gasteiger partial charge in [0, 0.05) is 30.7 Å². The van der Waals surface area contributed by atoms with Crippen LogP contribution in [0.15, 0.2) is 39.7 Å². The molecule has 2 rings (SSSR count). The lowest BCUT2D eigenvalue weighted by Gasteiger charge is -2.12. The van der Waals surface area contributed by atoms with Gasteiger partial charge in [-0.25, -0.2) is 0 Å². The normalized spacial score (nSPS) is 11.5. The molecular formula is C16H20ClN3O. The Kier molecular flexibility index (Phi) is 5.28. The van der Waals surface area contributed by atoms with Crippen molar-refractivity contribution in [2.75, 3.05) is 7.05 Å². The molecule has 0 saturated heterocycles. The van der Waals surface area contributed by atoms with Crippen molar-refractivity contribution in [1.29, 1.82) is 0 Å². The lowest BCUT2D eigenvalue weighted by Crippen LogP contribution is -2.36. The largest absolute Gasteiger partial charge is 0.466 e.